The summed E-state index contributed by atoms with van der Waals surface area (Å²) in [4.78, 5) is 0. The lowest BCUT2D eigenvalue weighted by Crippen LogP contribution is -2.38. The van der Waals surface area contributed by atoms with Crippen molar-refractivity contribution >= 4 is 11.6 Å². The third kappa shape index (κ3) is 4.23. The lowest BCUT2D eigenvalue weighted by Gasteiger charge is -2.40. The number of nitrogens with one attached hydrogen (secondary N) is 1. The molecule has 1 nitrogen and oxygen atoms in total. The second-order valence-corrected chi connectivity index (χ2v) is 7.55. The number of hydrogen-bond acceptors (Lipinski definition) is 1. The molecule has 0 amide bonds. The van der Waals surface area contributed by atoms with Crippen LogP contribution in [-0.4, -0.2) is 6.54 Å². The fourth-order valence-corrected chi connectivity index (χ4v) is 4.36. The minimum absolute atomic E-state index is 0.411. The van der Waals surface area contributed by atoms with Crippen LogP contribution in [0.3, 0.4) is 0 Å². The molecule has 1 aliphatic carbocycles. The second-order valence-electron chi connectivity index (χ2n) is 7.11. The topological polar surface area (TPSA) is 12.0 Å². The molecular formula is C19H30ClN. The van der Waals surface area contributed by atoms with E-state index >= 15 is 0 Å². The van der Waals surface area contributed by atoms with Crippen molar-refractivity contribution in [1.82, 2.24) is 5.32 Å². The van der Waals surface area contributed by atoms with Gasteiger partial charge in [0.2, 0.25) is 0 Å². The molecule has 1 saturated carbocycles. The monoisotopic (exact) mass is 307 g/mol. The van der Waals surface area contributed by atoms with E-state index < -0.39 is 0 Å². The van der Waals surface area contributed by atoms with Gasteiger partial charge in [0.25, 0.3) is 0 Å². The molecule has 1 aromatic carbocycles. The molecule has 0 saturated heterocycles. The average Bonchev–Trinajstić information content (AvgIpc) is 2.87. The molecule has 1 aliphatic rings. The molecule has 1 aromatic rings. The van der Waals surface area contributed by atoms with Gasteiger partial charge in [0.1, 0.15) is 0 Å². The highest BCUT2D eigenvalue weighted by Crippen LogP contribution is 2.51. The zero-order valence-corrected chi connectivity index (χ0v) is 14.5. The van der Waals surface area contributed by atoms with Crippen LogP contribution in [0.1, 0.15) is 70.9 Å². The number of hydrogen-bond donors (Lipinski definition) is 1. The van der Waals surface area contributed by atoms with Gasteiger partial charge in [-0.05, 0) is 61.3 Å². The Bertz CT molecular complexity index is 435. The van der Waals surface area contributed by atoms with Gasteiger partial charge in [-0.3, -0.25) is 0 Å². The van der Waals surface area contributed by atoms with E-state index in [0.29, 0.717) is 11.5 Å². The van der Waals surface area contributed by atoms with Gasteiger partial charge in [-0.2, -0.15) is 0 Å². The van der Waals surface area contributed by atoms with Crippen LogP contribution in [0.15, 0.2) is 24.3 Å². The summed E-state index contributed by atoms with van der Waals surface area (Å²) in [6, 6.07) is 8.93. The van der Waals surface area contributed by atoms with Crippen LogP contribution in [0.25, 0.3) is 0 Å². The van der Waals surface area contributed by atoms with E-state index in [4.69, 9.17) is 11.6 Å². The molecule has 0 heterocycles. The van der Waals surface area contributed by atoms with E-state index in [9.17, 15) is 0 Å². The SMILES string of the molecule is CCCNC(c1cccc(Cl)c1)C1(CC(C)C)CCCC1. The van der Waals surface area contributed by atoms with E-state index in [0.717, 1.165) is 17.5 Å². The van der Waals surface area contributed by atoms with Crippen molar-refractivity contribution in [3.8, 4) is 0 Å². The summed E-state index contributed by atoms with van der Waals surface area (Å²) >= 11 is 6.25. The molecule has 0 spiro atoms. The van der Waals surface area contributed by atoms with E-state index in [1.54, 1.807) is 0 Å². The Morgan fingerprint density at radius 2 is 1.95 bits per heavy atom. The maximum Gasteiger partial charge on any atom is 0.0409 e. The molecule has 118 valence electrons. The largest absolute Gasteiger partial charge is 0.309 e. The van der Waals surface area contributed by atoms with E-state index in [1.165, 1.54) is 44.1 Å². The van der Waals surface area contributed by atoms with Gasteiger partial charge in [0.05, 0.1) is 0 Å². The number of rotatable bonds is 7. The fourth-order valence-electron chi connectivity index (χ4n) is 4.17. The standard InChI is InChI=1S/C19H30ClN/c1-4-12-21-18(16-8-7-9-17(20)13-16)19(14-15(2)3)10-5-6-11-19/h7-9,13,15,18,21H,4-6,10-12,14H2,1-3H3. The van der Waals surface area contributed by atoms with Crippen molar-refractivity contribution in [2.45, 2.75) is 65.3 Å². The van der Waals surface area contributed by atoms with Gasteiger partial charge in [-0.15, -0.1) is 0 Å². The molecule has 0 radical (unpaired) electrons. The average molecular weight is 308 g/mol. The highest BCUT2D eigenvalue weighted by Gasteiger charge is 2.41. The molecule has 1 atom stereocenters. The minimum atomic E-state index is 0.411. The Morgan fingerprint density at radius 3 is 2.52 bits per heavy atom. The van der Waals surface area contributed by atoms with Crippen molar-refractivity contribution in [3.63, 3.8) is 0 Å². The first-order chi connectivity index (χ1) is 10.1. The third-order valence-electron chi connectivity index (χ3n) is 4.81. The number of halogens is 1. The van der Waals surface area contributed by atoms with Crippen LogP contribution in [0, 0.1) is 11.3 Å². The lowest BCUT2D eigenvalue weighted by atomic mass is 9.70. The first kappa shape index (κ1) is 16.8. The highest BCUT2D eigenvalue weighted by atomic mass is 35.5. The first-order valence-electron chi connectivity index (χ1n) is 8.56. The predicted molar refractivity (Wildman–Crippen MR) is 92.8 cm³/mol. The number of benzene rings is 1. The van der Waals surface area contributed by atoms with E-state index in [2.05, 4.69) is 44.3 Å². The summed E-state index contributed by atoms with van der Waals surface area (Å²) in [7, 11) is 0. The van der Waals surface area contributed by atoms with Crippen molar-refractivity contribution in [2.75, 3.05) is 6.54 Å². The predicted octanol–water partition coefficient (Wildman–Crippen LogP) is 5.99. The van der Waals surface area contributed by atoms with Crippen LogP contribution in [-0.2, 0) is 0 Å². The third-order valence-corrected chi connectivity index (χ3v) is 5.04. The van der Waals surface area contributed by atoms with Crippen LogP contribution >= 0.6 is 11.6 Å². The molecule has 0 aromatic heterocycles. The van der Waals surface area contributed by atoms with Gasteiger partial charge < -0.3 is 5.32 Å². The molecule has 2 rings (SSSR count). The van der Waals surface area contributed by atoms with Crippen molar-refractivity contribution in [2.24, 2.45) is 11.3 Å². The second kappa shape index (κ2) is 7.65. The Kier molecular flexibility index (Phi) is 6.13. The normalized spacial score (nSPS) is 19.1. The van der Waals surface area contributed by atoms with Gasteiger partial charge in [0.15, 0.2) is 0 Å². The molecule has 0 bridgehead atoms. The molecule has 1 N–H and O–H groups in total. The first-order valence-corrected chi connectivity index (χ1v) is 8.94. The maximum absolute atomic E-state index is 6.25. The Labute approximate surface area is 135 Å². The van der Waals surface area contributed by atoms with Crippen molar-refractivity contribution in [1.29, 1.82) is 0 Å². The van der Waals surface area contributed by atoms with Crippen LogP contribution in [0.5, 0.6) is 0 Å². The smallest absolute Gasteiger partial charge is 0.0409 e. The maximum atomic E-state index is 6.25. The van der Waals surface area contributed by atoms with Crippen molar-refractivity contribution in [3.05, 3.63) is 34.9 Å². The fraction of sp³-hybridized carbons (Fsp3) is 0.684. The van der Waals surface area contributed by atoms with Gasteiger partial charge >= 0.3 is 0 Å². The molecule has 2 heteroatoms. The zero-order chi connectivity index (χ0) is 15.3. The van der Waals surface area contributed by atoms with Gasteiger partial charge in [-0.25, -0.2) is 0 Å². The van der Waals surface area contributed by atoms with Crippen LogP contribution in [0.4, 0.5) is 0 Å². The van der Waals surface area contributed by atoms with Crippen molar-refractivity contribution < 1.29 is 0 Å². The quantitative estimate of drug-likeness (QED) is 0.652. The Balaban J connectivity index is 2.32. The molecule has 1 fully saturated rings. The highest BCUT2D eigenvalue weighted by molar-refractivity contribution is 6.30. The molecular weight excluding hydrogens is 278 g/mol. The van der Waals surface area contributed by atoms with E-state index in [1.807, 2.05) is 6.07 Å². The lowest BCUT2D eigenvalue weighted by molar-refractivity contribution is 0.155. The van der Waals surface area contributed by atoms with Crippen LogP contribution < -0.4 is 5.32 Å². The summed E-state index contributed by atoms with van der Waals surface area (Å²) in [5, 5.41) is 4.70. The summed E-state index contributed by atoms with van der Waals surface area (Å²) in [5.74, 6) is 0.744. The Morgan fingerprint density at radius 1 is 1.24 bits per heavy atom. The molecule has 21 heavy (non-hydrogen) atoms. The van der Waals surface area contributed by atoms with Gasteiger partial charge in [0, 0.05) is 11.1 Å². The molecule has 0 aliphatic heterocycles. The summed E-state index contributed by atoms with van der Waals surface area (Å²) in [5.41, 5.74) is 1.78. The summed E-state index contributed by atoms with van der Waals surface area (Å²) in [6.45, 7) is 8.03. The zero-order valence-electron chi connectivity index (χ0n) is 13.8. The van der Waals surface area contributed by atoms with Crippen LogP contribution in [0.2, 0.25) is 5.02 Å². The minimum Gasteiger partial charge on any atom is -0.309 e. The Hall–Kier alpha value is -0.530. The molecule has 1 unspecified atom stereocenters. The summed E-state index contributed by atoms with van der Waals surface area (Å²) in [6.07, 6.45) is 7.92. The van der Waals surface area contributed by atoms with E-state index in [-0.39, 0.29) is 0 Å². The van der Waals surface area contributed by atoms with Gasteiger partial charge in [-0.1, -0.05) is 57.3 Å². The summed E-state index contributed by atoms with van der Waals surface area (Å²) < 4.78 is 0.